The summed E-state index contributed by atoms with van der Waals surface area (Å²) in [6, 6.07) is 17.9. The number of fused-ring (bicyclic) bond motifs is 1. The molecule has 1 aromatic heterocycles. The number of rotatable bonds is 10. The number of hydrogen-bond acceptors (Lipinski definition) is 7. The van der Waals surface area contributed by atoms with Crippen molar-refractivity contribution >= 4 is 28.6 Å². The molecule has 2 amide bonds. The van der Waals surface area contributed by atoms with E-state index in [1.807, 2.05) is 42.5 Å². The molecule has 3 aromatic carbocycles. The number of carbonyl (C=O) groups is 3. The lowest BCUT2D eigenvalue weighted by molar-refractivity contribution is -0.130. The van der Waals surface area contributed by atoms with E-state index in [2.05, 4.69) is 15.6 Å². The molecule has 0 saturated heterocycles. The number of aromatic nitrogens is 3. The molecule has 10 nitrogen and oxygen atoms in total. The van der Waals surface area contributed by atoms with E-state index in [-0.39, 0.29) is 42.9 Å². The predicted molar refractivity (Wildman–Crippen MR) is 135 cm³/mol. The van der Waals surface area contributed by atoms with Crippen LogP contribution in [-0.4, -0.2) is 44.6 Å². The molecule has 38 heavy (non-hydrogen) atoms. The van der Waals surface area contributed by atoms with Crippen molar-refractivity contribution in [3.63, 3.8) is 0 Å². The minimum atomic E-state index is -0.726. The molecule has 0 aliphatic rings. The van der Waals surface area contributed by atoms with Crippen LogP contribution in [0.2, 0.25) is 0 Å². The van der Waals surface area contributed by atoms with Crippen LogP contribution < -0.4 is 10.8 Å². The van der Waals surface area contributed by atoms with Gasteiger partial charge in [-0.15, -0.1) is 5.10 Å². The zero-order valence-corrected chi connectivity index (χ0v) is 20.6. The number of amides is 2. The molecule has 0 fully saturated rings. The minimum Gasteiger partial charge on any atom is -0.461 e. The maximum Gasteiger partial charge on any atom is 0.358 e. The third-order valence-electron chi connectivity index (χ3n) is 5.93. The zero-order valence-electron chi connectivity index (χ0n) is 20.6. The first-order chi connectivity index (χ1) is 18.4. The molecule has 0 bridgehead atoms. The number of hydrogen-bond donors (Lipinski definition) is 3. The number of halogens is 1. The Morgan fingerprint density at radius 1 is 1.05 bits per heavy atom. The van der Waals surface area contributed by atoms with Crippen LogP contribution in [0, 0.1) is 5.82 Å². The largest absolute Gasteiger partial charge is 0.461 e. The van der Waals surface area contributed by atoms with Gasteiger partial charge in [-0.1, -0.05) is 47.7 Å². The van der Waals surface area contributed by atoms with E-state index in [1.54, 1.807) is 12.4 Å². The fourth-order valence-electron chi connectivity index (χ4n) is 4.12. The summed E-state index contributed by atoms with van der Waals surface area (Å²) < 4.78 is 19.7. The van der Waals surface area contributed by atoms with Gasteiger partial charge in [-0.3, -0.25) is 14.8 Å². The second kappa shape index (κ2) is 12.1. The summed E-state index contributed by atoms with van der Waals surface area (Å²) in [6.07, 6.45) is 0.0792. The van der Waals surface area contributed by atoms with Gasteiger partial charge < -0.3 is 10.1 Å². The molecule has 0 spiro atoms. The van der Waals surface area contributed by atoms with Crippen LogP contribution in [0.15, 0.2) is 66.7 Å². The normalized spacial score (nSPS) is 11.7. The molecular weight excluding hydrogens is 493 g/mol. The molecule has 4 rings (SSSR count). The maximum absolute atomic E-state index is 13.2. The lowest BCUT2D eigenvalue weighted by Gasteiger charge is -2.19. The van der Waals surface area contributed by atoms with E-state index in [9.17, 15) is 18.8 Å². The van der Waals surface area contributed by atoms with Crippen LogP contribution in [-0.2, 0) is 22.5 Å². The summed E-state index contributed by atoms with van der Waals surface area (Å²) in [4.78, 5) is 37.7. The third kappa shape index (κ3) is 6.19. The summed E-state index contributed by atoms with van der Waals surface area (Å²) in [5.41, 5.74) is 2.83. The molecule has 0 aliphatic heterocycles. The monoisotopic (exact) mass is 519 g/mol. The van der Waals surface area contributed by atoms with Gasteiger partial charge in [0.05, 0.1) is 25.6 Å². The predicted octanol–water partition coefficient (Wildman–Crippen LogP) is 3.36. The Morgan fingerprint density at radius 3 is 2.50 bits per heavy atom. The number of benzene rings is 3. The van der Waals surface area contributed by atoms with E-state index < -0.39 is 29.6 Å². The first kappa shape index (κ1) is 26.4. The van der Waals surface area contributed by atoms with Crippen LogP contribution in [0.25, 0.3) is 10.8 Å². The van der Waals surface area contributed by atoms with Crippen LogP contribution in [0.1, 0.15) is 51.5 Å². The maximum atomic E-state index is 13.2. The van der Waals surface area contributed by atoms with Crippen molar-refractivity contribution in [3.05, 3.63) is 95.1 Å². The number of carbonyl (C=O) groups excluding carboxylic acids is 3. The Hall–Kier alpha value is -4.64. The Balaban J connectivity index is 1.65. The Bertz CT molecular complexity index is 1450. The van der Waals surface area contributed by atoms with E-state index in [0.29, 0.717) is 0 Å². The van der Waals surface area contributed by atoms with Crippen molar-refractivity contribution in [1.29, 1.82) is 0 Å². The smallest absolute Gasteiger partial charge is 0.358 e. The summed E-state index contributed by atoms with van der Waals surface area (Å²) in [5, 5.41) is 22.1. The van der Waals surface area contributed by atoms with Gasteiger partial charge in [0.1, 0.15) is 11.5 Å². The number of esters is 1. The topological polar surface area (TPSA) is 135 Å². The van der Waals surface area contributed by atoms with E-state index in [0.717, 1.165) is 16.3 Å². The van der Waals surface area contributed by atoms with Gasteiger partial charge in [0.2, 0.25) is 5.91 Å². The molecule has 4 aromatic rings. The van der Waals surface area contributed by atoms with Gasteiger partial charge in [-0.2, -0.15) is 0 Å². The molecule has 1 heterocycles. The third-order valence-corrected chi connectivity index (χ3v) is 5.93. The van der Waals surface area contributed by atoms with Gasteiger partial charge in [0.15, 0.2) is 5.69 Å². The van der Waals surface area contributed by atoms with Crippen molar-refractivity contribution < 1.29 is 28.7 Å². The zero-order chi connectivity index (χ0) is 27.1. The first-order valence-corrected chi connectivity index (χ1v) is 11.9. The van der Waals surface area contributed by atoms with E-state index in [4.69, 9.17) is 9.94 Å². The second-order valence-corrected chi connectivity index (χ2v) is 8.52. The summed E-state index contributed by atoms with van der Waals surface area (Å²) in [6.45, 7) is 1.56. The average Bonchev–Trinajstić information content (AvgIpc) is 3.36. The molecule has 1 atom stereocenters. The highest BCUT2D eigenvalue weighted by atomic mass is 19.1. The summed E-state index contributed by atoms with van der Waals surface area (Å²) in [7, 11) is 0. The fraction of sp³-hybridized carbons (Fsp3) is 0.222. The van der Waals surface area contributed by atoms with Gasteiger partial charge in [-0.25, -0.2) is 19.3 Å². The highest BCUT2D eigenvalue weighted by Crippen LogP contribution is 2.24. The van der Waals surface area contributed by atoms with Crippen molar-refractivity contribution in [2.75, 3.05) is 6.61 Å². The van der Waals surface area contributed by atoms with Crippen LogP contribution in [0.4, 0.5) is 4.39 Å². The average molecular weight is 520 g/mol. The SMILES string of the molecule is CCOC(=O)c1c(CNC(=O)c2ccc(F)cc2)nnn1[C@@H](CC(=O)NO)Cc1ccc2ccccc2c1. The Kier molecular flexibility index (Phi) is 8.39. The van der Waals surface area contributed by atoms with Gasteiger partial charge in [0.25, 0.3) is 5.91 Å². The highest BCUT2D eigenvalue weighted by Gasteiger charge is 2.28. The molecule has 11 heteroatoms. The molecular formula is C27H26FN5O5. The molecule has 3 N–H and O–H groups in total. The Morgan fingerprint density at radius 2 is 1.79 bits per heavy atom. The van der Waals surface area contributed by atoms with Crippen LogP contribution in [0.3, 0.4) is 0 Å². The van der Waals surface area contributed by atoms with Crippen molar-refractivity contribution in [2.24, 2.45) is 0 Å². The van der Waals surface area contributed by atoms with Crippen molar-refractivity contribution in [3.8, 4) is 0 Å². The second-order valence-electron chi connectivity index (χ2n) is 8.52. The quantitative estimate of drug-likeness (QED) is 0.166. The lowest BCUT2D eigenvalue weighted by atomic mass is 9.99. The Labute approximate surface area is 217 Å². The van der Waals surface area contributed by atoms with Crippen LogP contribution in [0.5, 0.6) is 0 Å². The van der Waals surface area contributed by atoms with E-state index in [1.165, 1.54) is 28.9 Å². The number of nitrogens with one attached hydrogen (secondary N) is 2. The minimum absolute atomic E-state index is 0.0252. The van der Waals surface area contributed by atoms with Gasteiger partial charge in [-0.05, 0) is 53.9 Å². The number of nitrogens with zero attached hydrogens (tertiary/aromatic N) is 3. The van der Waals surface area contributed by atoms with Crippen molar-refractivity contribution in [2.45, 2.75) is 32.4 Å². The van der Waals surface area contributed by atoms with Gasteiger partial charge in [0, 0.05) is 5.56 Å². The standard InChI is InChI=1S/C27H26FN5O5/c1-2-38-27(36)25-23(16-29-26(35)19-9-11-21(28)12-10-19)30-32-33(25)22(15-24(34)31-37)14-17-7-8-18-5-3-4-6-20(18)13-17/h3-13,22,37H,2,14-16H2,1H3,(H,29,35)(H,31,34)/t22-/m1/s1. The van der Waals surface area contributed by atoms with Gasteiger partial charge >= 0.3 is 5.97 Å². The fourth-order valence-corrected chi connectivity index (χ4v) is 4.12. The molecule has 0 aliphatic carbocycles. The lowest BCUT2D eigenvalue weighted by Crippen LogP contribution is -2.28. The van der Waals surface area contributed by atoms with Crippen LogP contribution >= 0.6 is 0 Å². The number of hydroxylamine groups is 1. The number of ether oxygens (including phenoxy) is 1. The molecule has 0 saturated carbocycles. The summed E-state index contributed by atoms with van der Waals surface area (Å²) >= 11 is 0. The molecule has 0 radical (unpaired) electrons. The van der Waals surface area contributed by atoms with Crippen molar-refractivity contribution in [1.82, 2.24) is 25.8 Å². The highest BCUT2D eigenvalue weighted by molar-refractivity contribution is 5.94. The summed E-state index contributed by atoms with van der Waals surface area (Å²) in [5.74, 6) is -2.37. The molecule has 0 unspecified atom stereocenters. The first-order valence-electron chi connectivity index (χ1n) is 11.9. The van der Waals surface area contributed by atoms with E-state index >= 15 is 0 Å². The molecule has 196 valence electrons.